The third-order valence-electron chi connectivity index (χ3n) is 3.37. The number of aryl methyl sites for hydroxylation is 2. The monoisotopic (exact) mass is 293 g/mol. The molecule has 0 fully saturated rings. The normalized spacial score (nSPS) is 10.6. The van der Waals surface area contributed by atoms with E-state index < -0.39 is 5.91 Å². The Kier molecular flexibility index (Phi) is 3.47. The Balaban J connectivity index is 2.01. The largest absolute Gasteiger partial charge is 0.322 e. The second kappa shape index (κ2) is 5.44. The number of aromatic nitrogens is 2. The van der Waals surface area contributed by atoms with Gasteiger partial charge in [0.15, 0.2) is 0 Å². The number of nitrogens with zero attached hydrogens (tertiary/aromatic N) is 2. The first-order valence-electron chi connectivity index (χ1n) is 6.90. The topological polar surface area (TPSA) is 63.5 Å². The van der Waals surface area contributed by atoms with Gasteiger partial charge in [-0.1, -0.05) is 18.2 Å². The third-order valence-corrected chi connectivity index (χ3v) is 3.37. The summed E-state index contributed by atoms with van der Waals surface area (Å²) < 4.78 is 1.39. The van der Waals surface area contributed by atoms with Crippen LogP contribution in [0.25, 0.3) is 5.65 Å². The van der Waals surface area contributed by atoms with Crippen LogP contribution >= 0.6 is 0 Å². The van der Waals surface area contributed by atoms with Crippen molar-refractivity contribution in [3.8, 4) is 0 Å². The highest BCUT2D eigenvalue weighted by Crippen LogP contribution is 2.10. The molecule has 0 saturated heterocycles. The number of benzene rings is 1. The first kappa shape index (κ1) is 14.0. The summed E-state index contributed by atoms with van der Waals surface area (Å²) in [6.45, 7) is 3.82. The second-order valence-electron chi connectivity index (χ2n) is 5.24. The molecule has 0 spiro atoms. The number of hydrogen-bond acceptors (Lipinski definition) is 3. The number of anilines is 1. The van der Waals surface area contributed by atoms with Gasteiger partial charge in [-0.05, 0) is 43.2 Å². The second-order valence-corrected chi connectivity index (χ2v) is 5.24. The fourth-order valence-corrected chi connectivity index (χ4v) is 2.26. The molecule has 1 amide bonds. The lowest BCUT2D eigenvalue weighted by molar-refractivity contribution is 0.102. The minimum atomic E-state index is -0.459. The predicted octanol–water partition coefficient (Wildman–Crippen LogP) is 2.56. The average molecular weight is 293 g/mol. The van der Waals surface area contributed by atoms with E-state index in [0.717, 1.165) is 11.1 Å². The van der Waals surface area contributed by atoms with Gasteiger partial charge in [0.2, 0.25) is 0 Å². The van der Waals surface area contributed by atoms with Crippen LogP contribution in [0.2, 0.25) is 0 Å². The standard InChI is InChI=1S/C17H15N3O2/c1-11-4-3-5-13(8-11)19-16(21)14-9-18-15-7-6-12(2)10-20(15)17(14)22/h3-10H,1-2H3,(H,19,21). The van der Waals surface area contributed by atoms with Gasteiger partial charge in [-0.15, -0.1) is 0 Å². The molecule has 5 nitrogen and oxygen atoms in total. The van der Waals surface area contributed by atoms with E-state index in [1.54, 1.807) is 18.3 Å². The first-order chi connectivity index (χ1) is 10.5. The summed E-state index contributed by atoms with van der Waals surface area (Å²) in [5, 5.41) is 2.73. The van der Waals surface area contributed by atoms with E-state index in [1.807, 2.05) is 38.1 Å². The predicted molar refractivity (Wildman–Crippen MR) is 85.3 cm³/mol. The Morgan fingerprint density at radius 2 is 1.95 bits per heavy atom. The van der Waals surface area contributed by atoms with Crippen molar-refractivity contribution in [3.63, 3.8) is 0 Å². The molecule has 0 aliphatic heterocycles. The van der Waals surface area contributed by atoms with Gasteiger partial charge in [-0.2, -0.15) is 0 Å². The van der Waals surface area contributed by atoms with Crippen molar-refractivity contribution < 1.29 is 4.79 Å². The first-order valence-corrected chi connectivity index (χ1v) is 6.90. The number of nitrogens with one attached hydrogen (secondary N) is 1. The van der Waals surface area contributed by atoms with Crippen molar-refractivity contribution in [1.82, 2.24) is 9.38 Å². The molecule has 110 valence electrons. The number of carbonyl (C=O) groups is 1. The molecule has 5 heteroatoms. The molecule has 1 aromatic carbocycles. The molecule has 0 saturated carbocycles. The van der Waals surface area contributed by atoms with Gasteiger partial charge >= 0.3 is 0 Å². The highest BCUT2D eigenvalue weighted by Gasteiger charge is 2.13. The fourth-order valence-electron chi connectivity index (χ4n) is 2.26. The van der Waals surface area contributed by atoms with E-state index >= 15 is 0 Å². The van der Waals surface area contributed by atoms with Gasteiger partial charge in [0, 0.05) is 18.1 Å². The molecule has 2 heterocycles. The molecule has 3 aromatic rings. The maximum atomic E-state index is 12.4. The SMILES string of the molecule is Cc1cccc(NC(=O)c2cnc3ccc(C)cn3c2=O)c1. The average Bonchev–Trinajstić information content (AvgIpc) is 2.48. The lowest BCUT2D eigenvalue weighted by Gasteiger charge is -2.07. The zero-order chi connectivity index (χ0) is 15.7. The molecule has 0 aliphatic rings. The van der Waals surface area contributed by atoms with Crippen LogP contribution in [0.1, 0.15) is 21.5 Å². The van der Waals surface area contributed by atoms with E-state index in [0.29, 0.717) is 11.3 Å². The lowest BCUT2D eigenvalue weighted by Crippen LogP contribution is -2.26. The van der Waals surface area contributed by atoms with Crippen molar-refractivity contribution in [2.45, 2.75) is 13.8 Å². The van der Waals surface area contributed by atoms with E-state index in [9.17, 15) is 9.59 Å². The molecule has 3 rings (SSSR count). The van der Waals surface area contributed by atoms with E-state index in [4.69, 9.17) is 0 Å². The van der Waals surface area contributed by atoms with Gasteiger partial charge in [-0.3, -0.25) is 14.0 Å². The smallest absolute Gasteiger partial charge is 0.270 e. The van der Waals surface area contributed by atoms with Crippen LogP contribution in [0, 0.1) is 13.8 Å². The Hall–Kier alpha value is -2.95. The van der Waals surface area contributed by atoms with E-state index in [-0.39, 0.29) is 11.1 Å². The van der Waals surface area contributed by atoms with Crippen molar-refractivity contribution in [2.24, 2.45) is 0 Å². The molecule has 0 aliphatic carbocycles. The van der Waals surface area contributed by atoms with Gasteiger partial charge in [-0.25, -0.2) is 4.98 Å². The van der Waals surface area contributed by atoms with Crippen molar-refractivity contribution in [3.05, 3.63) is 75.8 Å². The third kappa shape index (κ3) is 2.61. The molecular weight excluding hydrogens is 278 g/mol. The summed E-state index contributed by atoms with van der Waals surface area (Å²) in [5.74, 6) is -0.459. The van der Waals surface area contributed by atoms with Crippen molar-refractivity contribution >= 4 is 17.2 Å². The molecule has 1 N–H and O–H groups in total. The summed E-state index contributed by atoms with van der Waals surface area (Å²) in [5.41, 5.74) is 2.76. The summed E-state index contributed by atoms with van der Waals surface area (Å²) in [7, 11) is 0. The van der Waals surface area contributed by atoms with Gasteiger partial charge < -0.3 is 5.32 Å². The van der Waals surface area contributed by atoms with Gasteiger partial charge in [0.25, 0.3) is 11.5 Å². The van der Waals surface area contributed by atoms with Crippen LogP contribution in [-0.2, 0) is 0 Å². The molecule has 0 atom stereocenters. The van der Waals surface area contributed by atoms with Crippen LogP contribution in [0.15, 0.2) is 53.6 Å². The summed E-state index contributed by atoms with van der Waals surface area (Å²) in [6.07, 6.45) is 2.99. The number of hydrogen-bond donors (Lipinski definition) is 1. The van der Waals surface area contributed by atoms with Crippen molar-refractivity contribution in [1.29, 1.82) is 0 Å². The quantitative estimate of drug-likeness (QED) is 0.790. The molecule has 22 heavy (non-hydrogen) atoms. The number of rotatable bonds is 2. The van der Waals surface area contributed by atoms with Gasteiger partial charge in [0.1, 0.15) is 11.2 Å². The molecule has 0 radical (unpaired) electrons. The number of fused-ring (bicyclic) bond motifs is 1. The van der Waals surface area contributed by atoms with Gasteiger partial charge in [0.05, 0.1) is 0 Å². The van der Waals surface area contributed by atoms with Crippen molar-refractivity contribution in [2.75, 3.05) is 5.32 Å². The molecule has 0 bridgehead atoms. The number of amides is 1. The zero-order valence-electron chi connectivity index (χ0n) is 12.3. The van der Waals surface area contributed by atoms with E-state index in [1.165, 1.54) is 10.6 Å². The molecule has 2 aromatic heterocycles. The van der Waals surface area contributed by atoms with Crippen LogP contribution in [0.5, 0.6) is 0 Å². The highest BCUT2D eigenvalue weighted by atomic mass is 16.2. The lowest BCUT2D eigenvalue weighted by atomic mass is 10.2. The van der Waals surface area contributed by atoms with E-state index in [2.05, 4.69) is 10.3 Å². The Morgan fingerprint density at radius 1 is 1.14 bits per heavy atom. The summed E-state index contributed by atoms with van der Waals surface area (Å²) >= 11 is 0. The highest BCUT2D eigenvalue weighted by molar-refractivity contribution is 6.03. The van der Waals surface area contributed by atoms with Crippen LogP contribution in [-0.4, -0.2) is 15.3 Å². The minimum absolute atomic E-state index is 0.0182. The Bertz CT molecular complexity index is 929. The van der Waals surface area contributed by atoms with Crippen LogP contribution < -0.4 is 10.9 Å². The number of carbonyl (C=O) groups excluding carboxylic acids is 1. The zero-order valence-corrected chi connectivity index (χ0v) is 12.3. The Morgan fingerprint density at radius 3 is 2.73 bits per heavy atom. The maximum Gasteiger partial charge on any atom is 0.270 e. The molecule has 0 unspecified atom stereocenters. The fraction of sp³-hybridized carbons (Fsp3) is 0.118. The summed E-state index contributed by atoms with van der Waals surface area (Å²) in [4.78, 5) is 28.9. The minimum Gasteiger partial charge on any atom is -0.322 e. The van der Waals surface area contributed by atoms with Crippen LogP contribution in [0.3, 0.4) is 0 Å². The maximum absolute atomic E-state index is 12.4. The number of pyridine rings is 1. The summed E-state index contributed by atoms with van der Waals surface area (Å²) in [6, 6.07) is 11.0. The molecular formula is C17H15N3O2. The Labute approximate surface area is 127 Å². The van der Waals surface area contributed by atoms with Crippen LogP contribution in [0.4, 0.5) is 5.69 Å².